The van der Waals surface area contributed by atoms with Crippen molar-refractivity contribution in [1.29, 1.82) is 0 Å². The second-order valence-corrected chi connectivity index (χ2v) is 9.90. The fraction of sp³-hybridized carbons (Fsp3) is 0.333. The second-order valence-electron chi connectivity index (χ2n) is 9.50. The van der Waals surface area contributed by atoms with Crippen LogP contribution in [-0.2, 0) is 33.9 Å². The van der Waals surface area contributed by atoms with E-state index in [0.717, 1.165) is 5.56 Å². The number of hydrogen-bond donors (Lipinski definition) is 3. The van der Waals surface area contributed by atoms with Gasteiger partial charge in [-0.15, -0.1) is 0 Å². The molecule has 3 N–H and O–H groups in total. The number of amides is 2. The van der Waals surface area contributed by atoms with Crippen LogP contribution in [0.4, 0.5) is 10.6 Å². The lowest BCUT2D eigenvalue weighted by atomic mass is 9.99. The number of ketones is 1. The van der Waals surface area contributed by atoms with Gasteiger partial charge in [-0.2, -0.15) is 5.10 Å². The second kappa shape index (κ2) is 12.5. The molecule has 0 saturated carbocycles. The zero-order valence-corrected chi connectivity index (χ0v) is 22.0. The van der Waals surface area contributed by atoms with Gasteiger partial charge < -0.3 is 20.1 Å². The topological polar surface area (TPSA) is 122 Å². The molecule has 196 valence electrons. The Morgan fingerprint density at radius 1 is 1.05 bits per heavy atom. The number of aromatic amines is 1. The molecular formula is C27H31ClN4O5. The summed E-state index contributed by atoms with van der Waals surface area (Å²) >= 11 is 6.33. The number of aromatic nitrogens is 2. The van der Waals surface area contributed by atoms with Gasteiger partial charge in [0.2, 0.25) is 0 Å². The third kappa shape index (κ3) is 8.73. The van der Waals surface area contributed by atoms with E-state index in [4.69, 9.17) is 21.1 Å². The molecule has 0 saturated heterocycles. The van der Waals surface area contributed by atoms with Gasteiger partial charge in [0.25, 0.3) is 5.91 Å². The van der Waals surface area contributed by atoms with Gasteiger partial charge in [0.15, 0.2) is 11.6 Å². The third-order valence-corrected chi connectivity index (χ3v) is 5.46. The molecule has 9 nitrogen and oxygen atoms in total. The summed E-state index contributed by atoms with van der Waals surface area (Å²) in [6.45, 7) is 7.48. The molecular weight excluding hydrogens is 496 g/mol. The number of benzene rings is 2. The lowest BCUT2D eigenvalue weighted by molar-refractivity contribution is -0.120. The minimum absolute atomic E-state index is 0.112. The zero-order valence-electron chi connectivity index (χ0n) is 21.3. The van der Waals surface area contributed by atoms with Gasteiger partial charge in [-0.05, 0) is 44.9 Å². The molecule has 0 aliphatic carbocycles. The van der Waals surface area contributed by atoms with Crippen LogP contribution in [0.5, 0.6) is 0 Å². The van der Waals surface area contributed by atoms with Crippen molar-refractivity contribution in [2.24, 2.45) is 0 Å². The molecule has 1 heterocycles. The molecule has 0 radical (unpaired) electrons. The highest BCUT2D eigenvalue weighted by Gasteiger charge is 2.24. The highest BCUT2D eigenvalue weighted by Crippen LogP contribution is 2.23. The Bertz CT molecular complexity index is 1240. The van der Waals surface area contributed by atoms with Gasteiger partial charge in [0.05, 0.1) is 35.5 Å². The number of carbonyl (C=O) groups excluding carboxylic acids is 3. The summed E-state index contributed by atoms with van der Waals surface area (Å²) in [5.74, 6) is -0.523. The number of Topliss-reactive ketones (excluding diaryl/α,β-unsaturated/α-hetero) is 1. The van der Waals surface area contributed by atoms with Crippen molar-refractivity contribution in [3.8, 4) is 0 Å². The van der Waals surface area contributed by atoms with E-state index in [1.54, 1.807) is 52.0 Å². The van der Waals surface area contributed by atoms with Crippen LogP contribution in [0, 0.1) is 0 Å². The maximum Gasteiger partial charge on any atom is 0.408 e. The fourth-order valence-corrected chi connectivity index (χ4v) is 3.69. The first-order chi connectivity index (χ1) is 17.5. The largest absolute Gasteiger partial charge is 0.444 e. The Morgan fingerprint density at radius 2 is 1.78 bits per heavy atom. The number of hydrogen-bond acceptors (Lipinski definition) is 6. The molecule has 0 unspecified atom stereocenters. The van der Waals surface area contributed by atoms with Gasteiger partial charge in [0, 0.05) is 12.5 Å². The maximum absolute atomic E-state index is 13.1. The molecule has 3 aromatic rings. The summed E-state index contributed by atoms with van der Waals surface area (Å²) in [6, 6.07) is 15.5. The van der Waals surface area contributed by atoms with E-state index in [0.29, 0.717) is 23.7 Å². The Morgan fingerprint density at radius 3 is 2.49 bits per heavy atom. The number of anilines is 1. The zero-order chi connectivity index (χ0) is 27.0. The molecule has 37 heavy (non-hydrogen) atoms. The smallest absolute Gasteiger partial charge is 0.408 e. The number of alkyl carbamates (subject to hydrolysis) is 1. The Balaban J connectivity index is 1.61. The quantitative estimate of drug-likeness (QED) is 0.339. The molecule has 2 amide bonds. The monoisotopic (exact) mass is 526 g/mol. The number of nitrogens with one attached hydrogen (secondary N) is 3. The number of H-pyrrole nitrogens is 1. The van der Waals surface area contributed by atoms with Gasteiger partial charge in [-0.25, -0.2) is 4.79 Å². The van der Waals surface area contributed by atoms with Crippen LogP contribution < -0.4 is 10.6 Å². The Labute approximate surface area is 220 Å². The predicted octanol–water partition coefficient (Wildman–Crippen LogP) is 5.06. The van der Waals surface area contributed by atoms with E-state index in [9.17, 15) is 14.4 Å². The summed E-state index contributed by atoms with van der Waals surface area (Å²) in [6.07, 6.45) is -0.807. The number of halogens is 1. The third-order valence-electron chi connectivity index (χ3n) is 5.15. The summed E-state index contributed by atoms with van der Waals surface area (Å²) in [4.78, 5) is 37.9. The van der Waals surface area contributed by atoms with Crippen LogP contribution in [0.15, 0.2) is 54.6 Å². The number of nitrogens with zero attached hydrogens (tertiary/aromatic N) is 1. The van der Waals surface area contributed by atoms with Crippen molar-refractivity contribution in [1.82, 2.24) is 15.5 Å². The van der Waals surface area contributed by atoms with Gasteiger partial charge >= 0.3 is 6.09 Å². The summed E-state index contributed by atoms with van der Waals surface area (Å²) in [5.41, 5.74) is 1.63. The maximum atomic E-state index is 13.1. The average molecular weight is 527 g/mol. The Kier molecular flexibility index (Phi) is 9.43. The minimum atomic E-state index is -0.825. The molecule has 10 heteroatoms. The van der Waals surface area contributed by atoms with E-state index in [1.807, 2.05) is 30.3 Å². The molecule has 0 spiro atoms. The highest BCUT2D eigenvalue weighted by atomic mass is 35.5. The summed E-state index contributed by atoms with van der Waals surface area (Å²) < 4.78 is 10.9. The van der Waals surface area contributed by atoms with Crippen molar-refractivity contribution >= 4 is 35.2 Å². The molecule has 0 aliphatic heterocycles. The fourth-order valence-electron chi connectivity index (χ4n) is 3.41. The first-order valence-corrected chi connectivity index (χ1v) is 12.2. The van der Waals surface area contributed by atoms with E-state index in [1.165, 1.54) is 0 Å². The predicted molar refractivity (Wildman–Crippen MR) is 140 cm³/mol. The van der Waals surface area contributed by atoms with Crippen molar-refractivity contribution in [2.45, 2.75) is 59.0 Å². The van der Waals surface area contributed by atoms with Crippen LogP contribution >= 0.6 is 11.6 Å². The molecule has 0 bridgehead atoms. The van der Waals surface area contributed by atoms with Crippen LogP contribution in [0.25, 0.3) is 0 Å². The highest BCUT2D eigenvalue weighted by molar-refractivity contribution is 6.34. The molecule has 1 aromatic heterocycles. The van der Waals surface area contributed by atoms with Crippen molar-refractivity contribution in [3.05, 3.63) is 82.0 Å². The van der Waals surface area contributed by atoms with Gasteiger partial charge in [-0.3, -0.25) is 14.7 Å². The molecule has 3 rings (SSSR count). The first-order valence-electron chi connectivity index (χ1n) is 11.8. The van der Waals surface area contributed by atoms with E-state index in [-0.39, 0.29) is 29.4 Å². The minimum Gasteiger partial charge on any atom is -0.444 e. The molecule has 1 atom stereocenters. The molecule has 2 aromatic carbocycles. The molecule has 0 aliphatic rings. The van der Waals surface area contributed by atoms with Crippen LogP contribution in [0.2, 0.25) is 5.02 Å². The van der Waals surface area contributed by atoms with Crippen molar-refractivity contribution in [3.63, 3.8) is 0 Å². The lowest BCUT2D eigenvalue weighted by Crippen LogP contribution is -2.42. The van der Waals surface area contributed by atoms with E-state index >= 15 is 0 Å². The summed E-state index contributed by atoms with van der Waals surface area (Å²) in [7, 11) is 0. The Hall–Kier alpha value is -3.69. The number of ether oxygens (including phenoxy) is 2. The molecule has 0 fully saturated rings. The van der Waals surface area contributed by atoms with Gasteiger partial charge in [-0.1, -0.05) is 54.1 Å². The van der Waals surface area contributed by atoms with E-state index in [2.05, 4.69) is 20.8 Å². The van der Waals surface area contributed by atoms with E-state index < -0.39 is 23.6 Å². The van der Waals surface area contributed by atoms with Crippen LogP contribution in [-0.4, -0.2) is 39.6 Å². The van der Waals surface area contributed by atoms with Crippen molar-refractivity contribution in [2.75, 3.05) is 5.32 Å². The van der Waals surface area contributed by atoms with Crippen LogP contribution in [0.3, 0.4) is 0 Å². The average Bonchev–Trinajstić information content (AvgIpc) is 3.25. The normalized spacial score (nSPS) is 12.0. The van der Waals surface area contributed by atoms with Crippen molar-refractivity contribution < 1.29 is 23.9 Å². The van der Waals surface area contributed by atoms with Gasteiger partial charge in [0.1, 0.15) is 5.60 Å². The lowest BCUT2D eigenvalue weighted by Gasteiger charge is -2.21. The summed E-state index contributed by atoms with van der Waals surface area (Å²) in [5, 5.41) is 12.4. The standard InChI is InChI=1S/C27H31ClN4O5/c1-17(29-26(35)37-27(2,3)4)22(33)13-19-11-8-12-21(28)24(19)25(34)30-23-14-20(31-32-23)16-36-15-18-9-6-5-7-10-18/h5-12,14,17H,13,15-16H2,1-4H3,(H,29,35)(H2,30,31,32,34)/t17-/m0/s1. The SMILES string of the molecule is C[C@H](NC(=O)OC(C)(C)C)C(=O)Cc1cccc(Cl)c1C(=O)Nc1cc(COCc2ccccc2)[nH]n1. The van der Waals surface area contributed by atoms with Crippen LogP contribution in [0.1, 0.15) is 54.9 Å². The first kappa shape index (κ1) is 27.9. The number of rotatable bonds is 10. The number of carbonyl (C=O) groups is 3.